The molecule has 0 unspecified atom stereocenters. The molecule has 18 heavy (non-hydrogen) atoms. The SMILES string of the molecule is CCCN(CC)CCc1c[nH]c2ccc(F)cc12. The van der Waals surface area contributed by atoms with E-state index < -0.39 is 0 Å². The molecule has 0 saturated heterocycles. The van der Waals surface area contributed by atoms with E-state index in [1.54, 1.807) is 12.1 Å². The molecule has 0 spiro atoms. The van der Waals surface area contributed by atoms with Gasteiger partial charge in [-0.25, -0.2) is 4.39 Å². The van der Waals surface area contributed by atoms with Crippen molar-refractivity contribution in [3.63, 3.8) is 0 Å². The molecule has 0 fully saturated rings. The van der Waals surface area contributed by atoms with E-state index in [0.717, 1.165) is 37.0 Å². The highest BCUT2D eigenvalue weighted by Gasteiger charge is 2.07. The number of halogens is 1. The van der Waals surface area contributed by atoms with Gasteiger partial charge in [0.1, 0.15) is 5.82 Å². The molecule has 2 nitrogen and oxygen atoms in total. The molecule has 0 bridgehead atoms. The van der Waals surface area contributed by atoms with Crippen LogP contribution in [-0.2, 0) is 6.42 Å². The van der Waals surface area contributed by atoms with Crippen LogP contribution in [0.3, 0.4) is 0 Å². The number of hydrogen-bond donors (Lipinski definition) is 1. The van der Waals surface area contributed by atoms with E-state index >= 15 is 0 Å². The summed E-state index contributed by atoms with van der Waals surface area (Å²) < 4.78 is 13.3. The molecule has 0 radical (unpaired) electrons. The van der Waals surface area contributed by atoms with Crippen molar-refractivity contribution in [3.05, 3.63) is 35.8 Å². The van der Waals surface area contributed by atoms with Crippen molar-refractivity contribution in [1.82, 2.24) is 9.88 Å². The summed E-state index contributed by atoms with van der Waals surface area (Å²) in [5.41, 5.74) is 2.23. The summed E-state index contributed by atoms with van der Waals surface area (Å²) in [6.45, 7) is 7.62. The second-order valence-corrected chi connectivity index (χ2v) is 4.69. The van der Waals surface area contributed by atoms with Crippen molar-refractivity contribution in [2.24, 2.45) is 0 Å². The lowest BCUT2D eigenvalue weighted by molar-refractivity contribution is 0.293. The highest BCUT2D eigenvalue weighted by molar-refractivity contribution is 5.83. The van der Waals surface area contributed by atoms with Gasteiger partial charge in [0.05, 0.1) is 0 Å². The van der Waals surface area contributed by atoms with E-state index in [2.05, 4.69) is 23.7 Å². The molecule has 1 N–H and O–H groups in total. The van der Waals surface area contributed by atoms with Crippen molar-refractivity contribution >= 4 is 10.9 Å². The molecule has 0 aliphatic rings. The molecule has 1 heterocycles. The average molecular weight is 248 g/mol. The fourth-order valence-corrected chi connectivity index (χ4v) is 2.38. The number of benzene rings is 1. The minimum Gasteiger partial charge on any atom is -0.361 e. The smallest absolute Gasteiger partial charge is 0.123 e. The number of nitrogens with zero attached hydrogens (tertiary/aromatic N) is 1. The number of aromatic amines is 1. The first-order valence-corrected chi connectivity index (χ1v) is 6.72. The largest absolute Gasteiger partial charge is 0.361 e. The van der Waals surface area contributed by atoms with E-state index in [1.807, 2.05) is 6.20 Å². The van der Waals surface area contributed by atoms with Gasteiger partial charge in [-0.2, -0.15) is 0 Å². The highest BCUT2D eigenvalue weighted by atomic mass is 19.1. The first kappa shape index (κ1) is 13.1. The Bertz CT molecular complexity index is 504. The first-order chi connectivity index (χ1) is 8.74. The fourth-order valence-electron chi connectivity index (χ4n) is 2.38. The Labute approximate surface area is 108 Å². The van der Waals surface area contributed by atoms with Gasteiger partial charge in [-0.15, -0.1) is 0 Å². The molecule has 98 valence electrons. The van der Waals surface area contributed by atoms with Crippen molar-refractivity contribution in [2.75, 3.05) is 19.6 Å². The molecule has 1 aromatic heterocycles. The van der Waals surface area contributed by atoms with E-state index in [-0.39, 0.29) is 5.82 Å². The zero-order valence-corrected chi connectivity index (χ0v) is 11.2. The van der Waals surface area contributed by atoms with Crippen molar-refractivity contribution in [1.29, 1.82) is 0 Å². The average Bonchev–Trinajstić information content (AvgIpc) is 2.77. The Hall–Kier alpha value is -1.35. The number of aromatic nitrogens is 1. The van der Waals surface area contributed by atoms with Gasteiger partial charge in [0, 0.05) is 23.6 Å². The molecule has 0 saturated carbocycles. The van der Waals surface area contributed by atoms with E-state index in [4.69, 9.17) is 0 Å². The quantitative estimate of drug-likeness (QED) is 0.828. The molecule has 0 amide bonds. The third-order valence-electron chi connectivity index (χ3n) is 3.41. The van der Waals surface area contributed by atoms with E-state index in [9.17, 15) is 4.39 Å². The Morgan fingerprint density at radius 3 is 2.78 bits per heavy atom. The van der Waals surface area contributed by atoms with Crippen molar-refractivity contribution in [2.45, 2.75) is 26.7 Å². The van der Waals surface area contributed by atoms with Crippen molar-refractivity contribution in [3.8, 4) is 0 Å². The van der Waals surface area contributed by atoms with E-state index in [0.29, 0.717) is 0 Å². The monoisotopic (exact) mass is 248 g/mol. The van der Waals surface area contributed by atoms with Crippen LogP contribution >= 0.6 is 0 Å². The summed E-state index contributed by atoms with van der Waals surface area (Å²) in [4.78, 5) is 5.63. The standard InChI is InChI=1S/C15H21FN2/c1-3-8-18(4-2)9-7-12-11-17-15-6-5-13(16)10-14(12)15/h5-6,10-11,17H,3-4,7-9H2,1-2H3. The lowest BCUT2D eigenvalue weighted by atomic mass is 10.1. The van der Waals surface area contributed by atoms with Gasteiger partial charge >= 0.3 is 0 Å². The van der Waals surface area contributed by atoms with Crippen LogP contribution in [0.4, 0.5) is 4.39 Å². The molecule has 2 aromatic rings. The summed E-state index contributed by atoms with van der Waals surface area (Å²) in [5.74, 6) is -0.163. The molecular formula is C15H21FN2. The van der Waals surface area contributed by atoms with Crippen LogP contribution < -0.4 is 0 Å². The van der Waals surface area contributed by atoms with Gasteiger partial charge in [0.25, 0.3) is 0 Å². The summed E-state index contributed by atoms with van der Waals surface area (Å²) in [5, 5.41) is 1.02. The summed E-state index contributed by atoms with van der Waals surface area (Å²) in [6.07, 6.45) is 4.15. The van der Waals surface area contributed by atoms with Crippen molar-refractivity contribution < 1.29 is 4.39 Å². The minimum absolute atomic E-state index is 0.163. The second kappa shape index (κ2) is 6.01. The van der Waals surface area contributed by atoms with Gasteiger partial charge < -0.3 is 9.88 Å². The third-order valence-corrected chi connectivity index (χ3v) is 3.41. The molecule has 0 aliphatic heterocycles. The van der Waals surface area contributed by atoms with Gasteiger partial charge in [-0.1, -0.05) is 13.8 Å². The Morgan fingerprint density at radius 1 is 1.22 bits per heavy atom. The zero-order valence-electron chi connectivity index (χ0n) is 11.2. The maximum atomic E-state index is 13.3. The molecule has 0 atom stereocenters. The van der Waals surface area contributed by atoms with Crippen LogP contribution in [0.15, 0.2) is 24.4 Å². The van der Waals surface area contributed by atoms with Crippen LogP contribution in [0.1, 0.15) is 25.8 Å². The van der Waals surface area contributed by atoms with Crippen LogP contribution in [0.5, 0.6) is 0 Å². The maximum absolute atomic E-state index is 13.3. The molecule has 0 aliphatic carbocycles. The van der Waals surface area contributed by atoms with Gasteiger partial charge in [-0.3, -0.25) is 0 Å². The number of H-pyrrole nitrogens is 1. The van der Waals surface area contributed by atoms with Gasteiger partial charge in [-0.05, 0) is 49.7 Å². The predicted octanol–water partition coefficient (Wildman–Crippen LogP) is 3.58. The maximum Gasteiger partial charge on any atom is 0.123 e. The Kier molecular flexibility index (Phi) is 4.37. The normalized spacial score (nSPS) is 11.6. The second-order valence-electron chi connectivity index (χ2n) is 4.69. The Morgan fingerprint density at radius 2 is 2.06 bits per heavy atom. The minimum atomic E-state index is -0.163. The number of hydrogen-bond acceptors (Lipinski definition) is 1. The van der Waals surface area contributed by atoms with Crippen LogP contribution in [0.2, 0.25) is 0 Å². The van der Waals surface area contributed by atoms with Gasteiger partial charge in [0.2, 0.25) is 0 Å². The number of nitrogens with one attached hydrogen (secondary N) is 1. The fraction of sp³-hybridized carbons (Fsp3) is 0.467. The summed E-state index contributed by atoms with van der Waals surface area (Å²) >= 11 is 0. The highest BCUT2D eigenvalue weighted by Crippen LogP contribution is 2.20. The summed E-state index contributed by atoms with van der Waals surface area (Å²) in [6, 6.07) is 4.92. The predicted molar refractivity (Wildman–Crippen MR) is 74.4 cm³/mol. The van der Waals surface area contributed by atoms with Crippen LogP contribution in [0, 0.1) is 5.82 Å². The third kappa shape index (κ3) is 2.91. The first-order valence-electron chi connectivity index (χ1n) is 6.72. The number of likely N-dealkylation sites (N-methyl/N-ethyl adjacent to an activating group) is 1. The topological polar surface area (TPSA) is 19.0 Å². The Balaban J connectivity index is 2.09. The zero-order chi connectivity index (χ0) is 13.0. The number of rotatable bonds is 6. The molecule has 1 aromatic carbocycles. The molecule has 3 heteroatoms. The van der Waals surface area contributed by atoms with Gasteiger partial charge in [0.15, 0.2) is 0 Å². The summed E-state index contributed by atoms with van der Waals surface area (Å²) in [7, 11) is 0. The lowest BCUT2D eigenvalue weighted by Gasteiger charge is -2.18. The van der Waals surface area contributed by atoms with Crippen LogP contribution in [-0.4, -0.2) is 29.5 Å². The van der Waals surface area contributed by atoms with E-state index in [1.165, 1.54) is 18.1 Å². The molecular weight excluding hydrogens is 227 g/mol. The molecule has 2 rings (SSSR count). The number of fused-ring (bicyclic) bond motifs is 1. The van der Waals surface area contributed by atoms with Crippen LogP contribution in [0.25, 0.3) is 10.9 Å². The lowest BCUT2D eigenvalue weighted by Crippen LogP contribution is -2.26.